The number of benzene rings is 1. The van der Waals surface area contributed by atoms with E-state index in [-0.39, 0.29) is 5.69 Å². The van der Waals surface area contributed by atoms with Crippen LogP contribution < -0.4 is 9.44 Å². The number of rotatable bonds is 3. The molecular formula is C9H8F3N3O2S. The second-order valence-electron chi connectivity index (χ2n) is 3.18. The van der Waals surface area contributed by atoms with Crippen molar-refractivity contribution in [3.05, 3.63) is 29.3 Å². The maximum absolute atomic E-state index is 12.4. The first kappa shape index (κ1) is 14.3. The van der Waals surface area contributed by atoms with E-state index in [1.165, 1.54) is 6.07 Å². The Labute approximate surface area is 101 Å². The Hall–Kier alpha value is -1.79. The SMILES string of the molecule is CNS(=O)(=O)Nc1ccc(C(F)(F)F)cc1C#N. The number of nitrogens with one attached hydrogen (secondary N) is 2. The molecule has 0 radical (unpaired) electrons. The van der Waals surface area contributed by atoms with Crippen molar-refractivity contribution in [2.24, 2.45) is 0 Å². The van der Waals surface area contributed by atoms with Gasteiger partial charge in [-0.25, -0.2) is 4.72 Å². The number of alkyl halides is 3. The van der Waals surface area contributed by atoms with Crippen molar-refractivity contribution >= 4 is 15.9 Å². The average Bonchev–Trinajstić information content (AvgIpc) is 2.27. The molecule has 0 aromatic heterocycles. The van der Waals surface area contributed by atoms with Crippen LogP contribution in [0.2, 0.25) is 0 Å². The fourth-order valence-corrected chi connectivity index (χ4v) is 1.67. The van der Waals surface area contributed by atoms with Crippen molar-refractivity contribution in [1.82, 2.24) is 4.72 Å². The van der Waals surface area contributed by atoms with Crippen LogP contribution in [0.1, 0.15) is 11.1 Å². The average molecular weight is 279 g/mol. The number of anilines is 1. The van der Waals surface area contributed by atoms with Crippen molar-refractivity contribution in [2.45, 2.75) is 6.18 Å². The van der Waals surface area contributed by atoms with E-state index in [0.717, 1.165) is 13.1 Å². The van der Waals surface area contributed by atoms with E-state index in [0.29, 0.717) is 12.1 Å². The van der Waals surface area contributed by atoms with Gasteiger partial charge in [0.2, 0.25) is 0 Å². The molecule has 0 aliphatic rings. The van der Waals surface area contributed by atoms with Crippen LogP contribution >= 0.6 is 0 Å². The van der Waals surface area contributed by atoms with Gasteiger partial charge in [-0.1, -0.05) is 0 Å². The fraction of sp³-hybridized carbons (Fsp3) is 0.222. The van der Waals surface area contributed by atoms with Gasteiger partial charge in [-0.05, 0) is 18.2 Å². The minimum Gasteiger partial charge on any atom is -0.270 e. The Morgan fingerprint density at radius 3 is 2.39 bits per heavy atom. The van der Waals surface area contributed by atoms with Crippen molar-refractivity contribution in [1.29, 1.82) is 5.26 Å². The molecule has 5 nitrogen and oxygen atoms in total. The molecule has 1 rings (SSSR count). The standard InChI is InChI=1S/C9H8F3N3O2S/c1-14-18(16,17)15-8-3-2-7(9(10,11)12)4-6(8)5-13/h2-4,14-15H,1H3. The minimum absolute atomic E-state index is 0.222. The third-order valence-electron chi connectivity index (χ3n) is 1.98. The van der Waals surface area contributed by atoms with Gasteiger partial charge >= 0.3 is 6.18 Å². The summed E-state index contributed by atoms with van der Waals surface area (Å²) in [5.74, 6) is 0. The zero-order chi connectivity index (χ0) is 14.0. The van der Waals surface area contributed by atoms with Gasteiger partial charge in [0.25, 0.3) is 10.2 Å². The molecule has 0 amide bonds. The van der Waals surface area contributed by atoms with E-state index in [2.05, 4.69) is 0 Å². The first-order valence-corrected chi connectivity index (χ1v) is 6.00. The Morgan fingerprint density at radius 1 is 1.33 bits per heavy atom. The van der Waals surface area contributed by atoms with Gasteiger partial charge in [-0.2, -0.15) is 26.9 Å². The van der Waals surface area contributed by atoms with Crippen molar-refractivity contribution in [3.63, 3.8) is 0 Å². The molecule has 1 aromatic rings. The Kier molecular flexibility index (Phi) is 3.83. The molecule has 0 bridgehead atoms. The minimum atomic E-state index is -4.59. The summed E-state index contributed by atoms with van der Waals surface area (Å²) in [5.41, 5.74) is -1.66. The molecule has 0 unspecified atom stereocenters. The first-order valence-electron chi connectivity index (χ1n) is 4.52. The van der Waals surface area contributed by atoms with Gasteiger partial charge in [-0.3, -0.25) is 4.72 Å². The third kappa shape index (κ3) is 3.35. The van der Waals surface area contributed by atoms with Crippen LogP contribution in [0.5, 0.6) is 0 Å². The summed E-state index contributed by atoms with van der Waals surface area (Å²) in [6.07, 6.45) is -4.59. The summed E-state index contributed by atoms with van der Waals surface area (Å²) in [7, 11) is -2.76. The van der Waals surface area contributed by atoms with Crippen LogP contribution in [0.15, 0.2) is 18.2 Å². The Bertz CT molecular complexity index is 590. The Morgan fingerprint density at radius 2 is 1.94 bits per heavy atom. The van der Waals surface area contributed by atoms with Crippen molar-refractivity contribution in [2.75, 3.05) is 11.8 Å². The summed E-state index contributed by atoms with van der Waals surface area (Å²) >= 11 is 0. The van der Waals surface area contributed by atoms with Crippen molar-refractivity contribution in [3.8, 4) is 6.07 Å². The lowest BCUT2D eigenvalue weighted by atomic mass is 10.1. The molecule has 0 spiro atoms. The molecule has 0 atom stereocenters. The van der Waals surface area contributed by atoms with Crippen LogP contribution in [-0.2, 0) is 16.4 Å². The van der Waals surface area contributed by atoms with Crippen LogP contribution in [-0.4, -0.2) is 15.5 Å². The monoisotopic (exact) mass is 279 g/mol. The van der Waals surface area contributed by atoms with Crippen molar-refractivity contribution < 1.29 is 21.6 Å². The summed E-state index contributed by atoms with van der Waals surface area (Å²) < 4.78 is 63.3. The number of hydrogen-bond acceptors (Lipinski definition) is 3. The molecule has 1 aromatic carbocycles. The molecular weight excluding hydrogens is 271 g/mol. The molecule has 0 heterocycles. The predicted molar refractivity (Wildman–Crippen MR) is 57.8 cm³/mol. The largest absolute Gasteiger partial charge is 0.416 e. The van der Waals surface area contributed by atoms with Gasteiger partial charge in [0, 0.05) is 7.05 Å². The lowest BCUT2D eigenvalue weighted by Crippen LogP contribution is -2.26. The van der Waals surface area contributed by atoms with E-state index in [1.807, 2.05) is 9.44 Å². The zero-order valence-electron chi connectivity index (χ0n) is 9.04. The van der Waals surface area contributed by atoms with E-state index in [9.17, 15) is 21.6 Å². The molecule has 0 fully saturated rings. The summed E-state index contributed by atoms with van der Waals surface area (Å²) in [5, 5.41) is 8.71. The smallest absolute Gasteiger partial charge is 0.270 e. The Balaban J connectivity index is 3.22. The van der Waals surface area contributed by atoms with Gasteiger partial charge in [0.1, 0.15) is 6.07 Å². The lowest BCUT2D eigenvalue weighted by molar-refractivity contribution is -0.137. The number of halogens is 3. The lowest BCUT2D eigenvalue weighted by Gasteiger charge is -2.11. The van der Waals surface area contributed by atoms with Crippen LogP contribution in [0, 0.1) is 11.3 Å². The topological polar surface area (TPSA) is 82.0 Å². The molecule has 18 heavy (non-hydrogen) atoms. The molecule has 0 saturated carbocycles. The van der Waals surface area contributed by atoms with Crippen LogP contribution in [0.4, 0.5) is 18.9 Å². The van der Waals surface area contributed by atoms with Gasteiger partial charge in [0.15, 0.2) is 0 Å². The highest BCUT2D eigenvalue weighted by atomic mass is 32.2. The highest BCUT2D eigenvalue weighted by molar-refractivity contribution is 7.90. The van der Waals surface area contributed by atoms with Gasteiger partial charge in [0.05, 0.1) is 16.8 Å². The second-order valence-corrected chi connectivity index (χ2v) is 4.80. The fourth-order valence-electron chi connectivity index (χ4n) is 1.10. The molecule has 0 aliphatic carbocycles. The molecule has 0 aliphatic heterocycles. The van der Waals surface area contributed by atoms with Crippen LogP contribution in [0.3, 0.4) is 0 Å². The normalized spacial score (nSPS) is 11.9. The quantitative estimate of drug-likeness (QED) is 0.878. The van der Waals surface area contributed by atoms with E-state index >= 15 is 0 Å². The summed E-state index contributed by atoms with van der Waals surface area (Å²) in [4.78, 5) is 0. The van der Waals surface area contributed by atoms with E-state index in [4.69, 9.17) is 5.26 Å². The predicted octanol–water partition coefficient (Wildman–Crippen LogP) is 1.45. The molecule has 9 heteroatoms. The number of nitriles is 1. The van der Waals surface area contributed by atoms with Gasteiger partial charge < -0.3 is 0 Å². The highest BCUT2D eigenvalue weighted by Gasteiger charge is 2.31. The third-order valence-corrected chi connectivity index (χ3v) is 3.01. The first-order chi connectivity index (χ1) is 8.19. The zero-order valence-corrected chi connectivity index (χ0v) is 9.85. The number of hydrogen-bond donors (Lipinski definition) is 2. The second kappa shape index (κ2) is 4.83. The highest BCUT2D eigenvalue weighted by Crippen LogP contribution is 2.31. The summed E-state index contributed by atoms with van der Waals surface area (Å²) in [6, 6.07) is 3.65. The summed E-state index contributed by atoms with van der Waals surface area (Å²) in [6.45, 7) is 0. The number of nitrogens with zero attached hydrogens (tertiary/aromatic N) is 1. The molecule has 98 valence electrons. The maximum atomic E-state index is 12.4. The molecule has 2 N–H and O–H groups in total. The van der Waals surface area contributed by atoms with Gasteiger partial charge in [-0.15, -0.1) is 0 Å². The van der Waals surface area contributed by atoms with Crippen LogP contribution in [0.25, 0.3) is 0 Å². The maximum Gasteiger partial charge on any atom is 0.416 e. The molecule has 0 saturated heterocycles. The van der Waals surface area contributed by atoms with E-state index in [1.54, 1.807) is 0 Å². The van der Waals surface area contributed by atoms with E-state index < -0.39 is 27.5 Å².